The minimum atomic E-state index is -1.33. The number of anilines is 2. The maximum Gasteiger partial charge on any atom is 0.341 e. The first kappa shape index (κ1) is 24.9. The number of esters is 1. The summed E-state index contributed by atoms with van der Waals surface area (Å²) in [7, 11) is 1.62. The van der Waals surface area contributed by atoms with Gasteiger partial charge in [-0.3, -0.25) is 4.98 Å². The van der Waals surface area contributed by atoms with Gasteiger partial charge in [0.2, 0.25) is 5.60 Å². The molecule has 0 spiro atoms. The molecule has 3 aromatic rings. The van der Waals surface area contributed by atoms with Gasteiger partial charge < -0.3 is 19.3 Å². The molecular weight excluding hydrogens is 462 g/mol. The molecule has 1 aliphatic rings. The van der Waals surface area contributed by atoms with Crippen LogP contribution in [0, 0.1) is 0 Å². The summed E-state index contributed by atoms with van der Waals surface area (Å²) >= 11 is 6.95. The van der Waals surface area contributed by atoms with Crippen molar-refractivity contribution >= 4 is 28.9 Å². The number of methoxy groups -OCH3 is 1. The second kappa shape index (κ2) is 10.2. The maximum absolute atomic E-state index is 13.1. The molecule has 1 aromatic heterocycles. The van der Waals surface area contributed by atoms with Crippen LogP contribution in [-0.2, 0) is 10.3 Å². The second-order valence-electron chi connectivity index (χ2n) is 8.36. The molecule has 2 aromatic carbocycles. The number of ether oxygens (including phenoxy) is 2. The van der Waals surface area contributed by atoms with Gasteiger partial charge in [0, 0.05) is 60.9 Å². The molecule has 0 saturated carbocycles. The minimum absolute atomic E-state index is 0.422. The van der Waals surface area contributed by atoms with E-state index in [1.165, 1.54) is 0 Å². The smallest absolute Gasteiger partial charge is 0.341 e. The predicted molar refractivity (Wildman–Crippen MR) is 141 cm³/mol. The van der Waals surface area contributed by atoms with Gasteiger partial charge in [-0.1, -0.05) is 17.7 Å². The summed E-state index contributed by atoms with van der Waals surface area (Å²) in [5.74, 6) is 0.163. The maximum atomic E-state index is 13.1. The first-order valence-corrected chi connectivity index (χ1v) is 12.5. The van der Waals surface area contributed by atoms with E-state index in [-0.39, 0.29) is 0 Å². The van der Waals surface area contributed by atoms with Crippen LogP contribution in [0.4, 0.5) is 11.4 Å². The number of aromatic nitrogens is 1. The number of fused-ring (bicyclic) bond motifs is 1. The summed E-state index contributed by atoms with van der Waals surface area (Å²) in [5.41, 5.74) is 2.96. The summed E-state index contributed by atoms with van der Waals surface area (Å²) < 4.78 is 12.1. The van der Waals surface area contributed by atoms with E-state index in [4.69, 9.17) is 21.1 Å². The van der Waals surface area contributed by atoms with Crippen LogP contribution in [0.15, 0.2) is 54.7 Å². The van der Waals surface area contributed by atoms with Gasteiger partial charge in [-0.2, -0.15) is 0 Å². The summed E-state index contributed by atoms with van der Waals surface area (Å²) in [6.45, 7) is 11.9. The SMILES string of the molecule is CCN(CC)c1ccc(C2(c3ccc(N(CC)CC)cc3OC)OC(=O)c3cccnc32)c(Cl)c1. The highest BCUT2D eigenvalue weighted by Crippen LogP contribution is 2.51. The number of nitrogens with zero attached hydrogens (tertiary/aromatic N) is 3. The molecule has 1 atom stereocenters. The van der Waals surface area contributed by atoms with E-state index in [1.54, 1.807) is 25.4 Å². The molecule has 184 valence electrons. The van der Waals surface area contributed by atoms with Gasteiger partial charge in [0.15, 0.2) is 0 Å². The van der Waals surface area contributed by atoms with Crippen molar-refractivity contribution < 1.29 is 14.3 Å². The first-order chi connectivity index (χ1) is 16.9. The number of cyclic esters (lactones) is 1. The van der Waals surface area contributed by atoms with Crippen LogP contribution in [0.1, 0.15) is 54.9 Å². The van der Waals surface area contributed by atoms with Crippen molar-refractivity contribution in [1.82, 2.24) is 4.98 Å². The van der Waals surface area contributed by atoms with Crippen molar-refractivity contribution in [2.75, 3.05) is 43.1 Å². The van der Waals surface area contributed by atoms with Gasteiger partial charge in [-0.25, -0.2) is 4.79 Å². The van der Waals surface area contributed by atoms with Crippen molar-refractivity contribution in [3.63, 3.8) is 0 Å². The number of carbonyl (C=O) groups is 1. The highest BCUT2D eigenvalue weighted by Gasteiger charge is 2.52. The number of hydrogen-bond acceptors (Lipinski definition) is 6. The Morgan fingerprint density at radius 1 is 0.914 bits per heavy atom. The highest BCUT2D eigenvalue weighted by atomic mass is 35.5. The molecule has 1 aliphatic heterocycles. The lowest BCUT2D eigenvalue weighted by Crippen LogP contribution is -2.32. The summed E-state index contributed by atoms with van der Waals surface area (Å²) in [5, 5.41) is 0.496. The van der Waals surface area contributed by atoms with Gasteiger partial charge in [0.1, 0.15) is 11.4 Å². The molecule has 0 bridgehead atoms. The fourth-order valence-corrected chi connectivity index (χ4v) is 5.24. The van der Waals surface area contributed by atoms with Crippen LogP contribution in [0.25, 0.3) is 0 Å². The van der Waals surface area contributed by atoms with Gasteiger partial charge in [-0.15, -0.1) is 0 Å². The molecule has 6 nitrogen and oxygen atoms in total. The number of halogens is 1. The Morgan fingerprint density at radius 2 is 1.51 bits per heavy atom. The van der Waals surface area contributed by atoms with Crippen LogP contribution >= 0.6 is 11.6 Å². The zero-order chi connectivity index (χ0) is 25.2. The fourth-order valence-electron chi connectivity index (χ4n) is 4.93. The van der Waals surface area contributed by atoms with Crippen molar-refractivity contribution in [3.8, 4) is 5.75 Å². The van der Waals surface area contributed by atoms with Crippen LogP contribution in [0.5, 0.6) is 5.75 Å². The highest BCUT2D eigenvalue weighted by molar-refractivity contribution is 6.32. The van der Waals surface area contributed by atoms with E-state index in [0.717, 1.165) is 37.6 Å². The van der Waals surface area contributed by atoms with Crippen molar-refractivity contribution in [2.45, 2.75) is 33.3 Å². The van der Waals surface area contributed by atoms with Gasteiger partial charge in [-0.05, 0) is 64.1 Å². The van der Waals surface area contributed by atoms with E-state index in [2.05, 4.69) is 42.5 Å². The topological polar surface area (TPSA) is 54.9 Å². The predicted octanol–water partition coefficient (Wildman–Crippen LogP) is 5.90. The average molecular weight is 494 g/mol. The van der Waals surface area contributed by atoms with E-state index in [1.807, 2.05) is 36.4 Å². The summed E-state index contributed by atoms with van der Waals surface area (Å²) in [4.78, 5) is 22.2. The third kappa shape index (κ3) is 4.10. The molecule has 0 N–H and O–H groups in total. The van der Waals surface area contributed by atoms with Gasteiger partial charge in [0.05, 0.1) is 17.7 Å². The average Bonchev–Trinajstić information content (AvgIpc) is 3.18. The molecule has 0 radical (unpaired) electrons. The first-order valence-electron chi connectivity index (χ1n) is 12.1. The Morgan fingerprint density at radius 3 is 2.09 bits per heavy atom. The lowest BCUT2D eigenvalue weighted by atomic mass is 9.82. The van der Waals surface area contributed by atoms with Crippen molar-refractivity contribution in [2.24, 2.45) is 0 Å². The van der Waals surface area contributed by atoms with E-state index in [9.17, 15) is 4.79 Å². The van der Waals surface area contributed by atoms with E-state index < -0.39 is 11.6 Å². The quantitative estimate of drug-likeness (QED) is 0.346. The zero-order valence-corrected chi connectivity index (χ0v) is 21.7. The standard InChI is InChI=1S/C28H32ClN3O3/c1-6-31(7-2)19-12-14-22(24(29)17-19)28(26-21(27(33)35-28)11-10-16-30-26)23-15-13-20(18-25(23)34-5)32(8-3)9-4/h10-18H,6-9H2,1-5H3. The van der Waals surface area contributed by atoms with Crippen LogP contribution in [0.2, 0.25) is 5.02 Å². The third-order valence-electron chi connectivity index (χ3n) is 6.76. The van der Waals surface area contributed by atoms with Gasteiger partial charge >= 0.3 is 5.97 Å². The largest absolute Gasteiger partial charge is 0.496 e. The molecular formula is C28H32ClN3O3. The Hall–Kier alpha value is -3.25. The minimum Gasteiger partial charge on any atom is -0.496 e. The lowest BCUT2D eigenvalue weighted by molar-refractivity contribution is 0.0237. The van der Waals surface area contributed by atoms with Crippen LogP contribution in [0.3, 0.4) is 0 Å². The molecule has 0 saturated heterocycles. The number of carbonyl (C=O) groups excluding carboxylic acids is 1. The van der Waals surface area contributed by atoms with Crippen molar-refractivity contribution in [3.05, 3.63) is 82.1 Å². The Labute approximate surface area is 212 Å². The second-order valence-corrected chi connectivity index (χ2v) is 8.77. The Bertz CT molecular complexity index is 1220. The van der Waals surface area contributed by atoms with E-state index in [0.29, 0.717) is 33.2 Å². The zero-order valence-electron chi connectivity index (χ0n) is 21.0. The monoisotopic (exact) mass is 493 g/mol. The molecule has 0 fully saturated rings. The molecule has 0 aliphatic carbocycles. The molecule has 1 unspecified atom stereocenters. The molecule has 4 rings (SSSR count). The van der Waals surface area contributed by atoms with Gasteiger partial charge in [0.25, 0.3) is 0 Å². The van der Waals surface area contributed by atoms with Crippen LogP contribution in [-0.4, -0.2) is 44.2 Å². The number of rotatable bonds is 9. The molecule has 7 heteroatoms. The Kier molecular flexibility index (Phi) is 7.22. The number of hydrogen-bond donors (Lipinski definition) is 0. The van der Waals surface area contributed by atoms with Crippen molar-refractivity contribution in [1.29, 1.82) is 0 Å². The van der Waals surface area contributed by atoms with Crippen LogP contribution < -0.4 is 14.5 Å². The summed E-state index contributed by atoms with van der Waals surface area (Å²) in [6, 6.07) is 15.3. The molecule has 35 heavy (non-hydrogen) atoms. The Balaban J connectivity index is 1.99. The number of pyridine rings is 1. The third-order valence-corrected chi connectivity index (χ3v) is 7.07. The fraction of sp³-hybridized carbons (Fsp3) is 0.357. The molecule has 2 heterocycles. The normalized spacial score (nSPS) is 16.6. The number of benzene rings is 2. The lowest BCUT2D eigenvalue weighted by Gasteiger charge is -2.33. The molecule has 0 amide bonds. The van der Waals surface area contributed by atoms with E-state index >= 15 is 0 Å². The summed E-state index contributed by atoms with van der Waals surface area (Å²) in [6.07, 6.45) is 1.67.